The second-order valence-electron chi connectivity index (χ2n) is 13.1. The minimum Gasteiger partial charge on any atom is -0.495 e. The molecule has 0 fully saturated rings. The molecule has 0 bridgehead atoms. The van der Waals surface area contributed by atoms with Gasteiger partial charge < -0.3 is 24.8 Å². The van der Waals surface area contributed by atoms with Gasteiger partial charge in [0.1, 0.15) is 18.1 Å². The highest BCUT2D eigenvalue weighted by Crippen LogP contribution is 2.35. The first-order valence-corrected chi connectivity index (χ1v) is 19.8. The Kier molecular flexibility index (Phi) is 15.2. The Bertz CT molecular complexity index is 2300. The zero-order chi connectivity index (χ0) is 41.7. The van der Waals surface area contributed by atoms with Gasteiger partial charge in [-0.3, -0.25) is 14.4 Å². The lowest BCUT2D eigenvalue weighted by Gasteiger charge is -2.21. The average Bonchev–Trinajstić information content (AvgIpc) is 3.58. The first-order chi connectivity index (χ1) is 27.1. The number of benzene rings is 3. The van der Waals surface area contributed by atoms with E-state index in [2.05, 4.69) is 34.6 Å². The maximum Gasteiger partial charge on any atom is 0.424 e. The standard InChI is InChI=1S/C37H37FN6O9S.C3H8/c1-23(2)17-33(45)39-20-35(47)52-22-53-37(48)44(30-15-14-29(54(4,49)50)19-31(30)51-3)36-41-32-16-9-26(21-43(32)42-36)25-7-12-28(13-8-25)40-34(46)18-24-5-10-27(38)11-6-24;1-3-2/h5-16,19,21,23H,17-18,20,22H2,1-4H3,(H,39,45)(H,40,46);3H2,1-2H3. The van der Waals surface area contributed by atoms with Gasteiger partial charge in [-0.1, -0.05) is 58.4 Å². The summed E-state index contributed by atoms with van der Waals surface area (Å²) < 4.78 is 54.8. The van der Waals surface area contributed by atoms with Crippen molar-refractivity contribution in [3.05, 3.63) is 96.4 Å². The van der Waals surface area contributed by atoms with Crippen molar-refractivity contribution in [1.82, 2.24) is 19.9 Å². The molecule has 0 aliphatic carbocycles. The van der Waals surface area contributed by atoms with Crippen molar-refractivity contribution < 1.29 is 46.2 Å². The summed E-state index contributed by atoms with van der Waals surface area (Å²) in [6, 6.07) is 20.0. The van der Waals surface area contributed by atoms with Crippen molar-refractivity contribution in [2.45, 2.75) is 51.9 Å². The number of nitrogens with zero attached hydrogens (tertiary/aromatic N) is 4. The molecule has 0 aliphatic heterocycles. The summed E-state index contributed by atoms with van der Waals surface area (Å²) >= 11 is 0. The molecule has 0 radical (unpaired) electrons. The number of ether oxygens (including phenoxy) is 3. The lowest BCUT2D eigenvalue weighted by molar-refractivity contribution is -0.151. The molecule has 2 N–H and O–H groups in total. The van der Waals surface area contributed by atoms with Crippen LogP contribution in [-0.2, 0) is 40.1 Å². The van der Waals surface area contributed by atoms with Gasteiger partial charge in [0.2, 0.25) is 18.6 Å². The molecule has 0 aliphatic rings. The SMILES string of the molecule is CCC.COc1cc(S(C)(=O)=O)ccc1N(C(=O)OCOC(=O)CNC(=O)CC(C)C)c1nc2ccc(-c3ccc(NC(=O)Cc4ccc(F)cc4)cc3)cn2n1. The number of amides is 3. The molecule has 0 atom stereocenters. The molecular weight excluding hydrogens is 760 g/mol. The van der Waals surface area contributed by atoms with E-state index in [0.717, 1.165) is 16.7 Å². The van der Waals surface area contributed by atoms with Gasteiger partial charge in [-0.2, -0.15) is 4.98 Å². The smallest absolute Gasteiger partial charge is 0.424 e. The number of nitrogens with one attached hydrogen (secondary N) is 2. The van der Waals surface area contributed by atoms with Crippen molar-refractivity contribution in [1.29, 1.82) is 0 Å². The Morgan fingerprint density at radius 2 is 1.56 bits per heavy atom. The molecule has 17 heteroatoms. The molecule has 0 saturated heterocycles. The second kappa shape index (κ2) is 20.0. The Balaban J connectivity index is 0.00000232. The molecule has 0 spiro atoms. The van der Waals surface area contributed by atoms with Crippen molar-refractivity contribution >= 4 is 56.7 Å². The Hall–Kier alpha value is -6.36. The van der Waals surface area contributed by atoms with Gasteiger partial charge in [-0.25, -0.2) is 27.0 Å². The topological polar surface area (TPSA) is 188 Å². The number of carbonyl (C=O) groups excluding carboxylic acids is 4. The highest BCUT2D eigenvalue weighted by atomic mass is 32.2. The molecule has 0 unspecified atom stereocenters. The first kappa shape index (κ1) is 43.4. The van der Waals surface area contributed by atoms with E-state index in [0.29, 0.717) is 22.5 Å². The number of carbonyl (C=O) groups is 4. The number of sulfone groups is 1. The first-order valence-electron chi connectivity index (χ1n) is 17.9. The van der Waals surface area contributed by atoms with Crippen LogP contribution in [0.3, 0.4) is 0 Å². The normalized spacial score (nSPS) is 10.9. The van der Waals surface area contributed by atoms with E-state index in [1.54, 1.807) is 54.7 Å². The highest BCUT2D eigenvalue weighted by Gasteiger charge is 2.28. The molecule has 5 aromatic rings. The number of hydrogen-bond donors (Lipinski definition) is 2. The second-order valence-corrected chi connectivity index (χ2v) is 15.1. The highest BCUT2D eigenvalue weighted by molar-refractivity contribution is 7.90. The number of halogens is 1. The summed E-state index contributed by atoms with van der Waals surface area (Å²) in [6.07, 6.45) is 3.14. The number of anilines is 3. The van der Waals surface area contributed by atoms with Crippen LogP contribution in [0.1, 0.15) is 46.1 Å². The third kappa shape index (κ3) is 12.6. The summed E-state index contributed by atoms with van der Waals surface area (Å²) in [5, 5.41) is 9.73. The van der Waals surface area contributed by atoms with Gasteiger partial charge in [0.05, 0.1) is 24.1 Å². The summed E-state index contributed by atoms with van der Waals surface area (Å²) in [7, 11) is -2.36. The minimum atomic E-state index is -3.65. The number of aromatic nitrogens is 3. The van der Waals surface area contributed by atoms with Crippen molar-refractivity contribution in [2.24, 2.45) is 5.92 Å². The van der Waals surface area contributed by atoms with Gasteiger partial charge in [-0.05, 0) is 65.6 Å². The van der Waals surface area contributed by atoms with E-state index in [1.807, 2.05) is 13.8 Å². The fraction of sp³-hybridized carbons (Fsp3) is 0.300. The Morgan fingerprint density at radius 3 is 2.19 bits per heavy atom. The van der Waals surface area contributed by atoms with E-state index < -0.39 is 35.2 Å². The summed E-state index contributed by atoms with van der Waals surface area (Å²) in [6.45, 7) is 6.71. The lowest BCUT2D eigenvalue weighted by atomic mass is 10.1. The molecule has 0 saturated carbocycles. The number of methoxy groups -OCH3 is 1. The van der Waals surface area contributed by atoms with Crippen molar-refractivity contribution in [3.8, 4) is 16.9 Å². The Labute approximate surface area is 330 Å². The van der Waals surface area contributed by atoms with E-state index >= 15 is 0 Å². The molecule has 5 rings (SSSR count). The maximum atomic E-state index is 13.6. The summed E-state index contributed by atoms with van der Waals surface area (Å²) in [5.41, 5.74) is 3.05. The number of rotatable bonds is 14. The molecular formula is C40H45FN6O9S. The minimum absolute atomic E-state index is 0.0235. The summed E-state index contributed by atoms with van der Waals surface area (Å²) in [5.74, 6) is -1.95. The van der Waals surface area contributed by atoms with Crippen LogP contribution in [0.2, 0.25) is 0 Å². The molecule has 302 valence electrons. The zero-order valence-electron chi connectivity index (χ0n) is 32.4. The molecule has 3 amide bonds. The van der Waals surface area contributed by atoms with Gasteiger partial charge in [0, 0.05) is 36.2 Å². The fourth-order valence-corrected chi connectivity index (χ4v) is 5.75. The predicted octanol–water partition coefficient (Wildman–Crippen LogP) is 6.48. The van der Waals surface area contributed by atoms with Crippen LogP contribution in [0.15, 0.2) is 90.0 Å². The van der Waals surface area contributed by atoms with E-state index in [1.165, 1.54) is 48.4 Å². The number of fused-ring (bicyclic) bond motifs is 1. The van der Waals surface area contributed by atoms with Gasteiger partial charge in [-0.15, -0.1) is 5.10 Å². The van der Waals surface area contributed by atoms with E-state index in [9.17, 15) is 32.0 Å². The van der Waals surface area contributed by atoms with E-state index in [-0.39, 0.29) is 58.7 Å². The third-order valence-corrected chi connectivity index (χ3v) is 8.84. The largest absolute Gasteiger partial charge is 0.495 e. The van der Waals surface area contributed by atoms with Gasteiger partial charge in [0.15, 0.2) is 15.5 Å². The maximum absolute atomic E-state index is 13.6. The van der Waals surface area contributed by atoms with Gasteiger partial charge in [0.25, 0.3) is 5.95 Å². The van der Waals surface area contributed by atoms with Crippen LogP contribution >= 0.6 is 0 Å². The molecule has 3 aromatic carbocycles. The van der Waals surface area contributed by atoms with E-state index in [4.69, 9.17) is 14.2 Å². The molecule has 57 heavy (non-hydrogen) atoms. The number of pyridine rings is 1. The Morgan fingerprint density at radius 1 is 0.895 bits per heavy atom. The van der Waals surface area contributed by atoms with Gasteiger partial charge >= 0.3 is 12.1 Å². The quantitative estimate of drug-likeness (QED) is 0.0924. The van der Waals surface area contributed by atoms with Crippen LogP contribution in [-0.4, -0.2) is 73.6 Å². The zero-order valence-corrected chi connectivity index (χ0v) is 33.3. The average molecular weight is 805 g/mol. The molecule has 15 nitrogen and oxygen atoms in total. The van der Waals surface area contributed by atoms with Crippen LogP contribution < -0.4 is 20.3 Å². The van der Waals surface area contributed by atoms with Crippen LogP contribution in [0.5, 0.6) is 5.75 Å². The number of hydrogen-bond acceptors (Lipinski definition) is 11. The third-order valence-electron chi connectivity index (χ3n) is 7.73. The number of esters is 1. The van der Waals surface area contributed by atoms with Crippen LogP contribution in [0.25, 0.3) is 16.8 Å². The van der Waals surface area contributed by atoms with Crippen molar-refractivity contribution in [2.75, 3.05) is 36.9 Å². The predicted molar refractivity (Wildman–Crippen MR) is 211 cm³/mol. The van der Waals surface area contributed by atoms with Crippen molar-refractivity contribution in [3.63, 3.8) is 0 Å². The lowest BCUT2D eigenvalue weighted by Crippen LogP contribution is -2.33. The monoisotopic (exact) mass is 804 g/mol. The van der Waals surface area contributed by atoms with Crippen LogP contribution in [0.4, 0.5) is 26.5 Å². The summed E-state index contributed by atoms with van der Waals surface area (Å²) in [4.78, 5) is 55.5. The van der Waals surface area contributed by atoms with Crippen LogP contribution in [0, 0.1) is 11.7 Å². The molecule has 2 heterocycles. The fourth-order valence-electron chi connectivity index (χ4n) is 5.11. The molecule has 2 aromatic heterocycles.